The second-order valence-electron chi connectivity index (χ2n) is 6.18. The smallest absolute Gasteiger partial charge is 0.238 e. The molecule has 2 heterocycles. The molecule has 0 aliphatic heterocycles. The molecule has 0 radical (unpaired) electrons. The van der Waals surface area contributed by atoms with E-state index in [1.807, 2.05) is 13.8 Å². The molecule has 142 valence electrons. The van der Waals surface area contributed by atoms with Crippen LogP contribution in [0.25, 0.3) is 5.65 Å². The van der Waals surface area contributed by atoms with E-state index in [4.69, 9.17) is 27.9 Å². The summed E-state index contributed by atoms with van der Waals surface area (Å²) >= 11 is 13.6. The first-order chi connectivity index (χ1) is 12.9. The summed E-state index contributed by atoms with van der Waals surface area (Å²) < 4.78 is 6.83. The average Bonchev–Trinajstić information content (AvgIpc) is 3.03. The summed E-state index contributed by atoms with van der Waals surface area (Å²) in [4.78, 5) is 12.8. The van der Waals surface area contributed by atoms with E-state index in [0.29, 0.717) is 26.5 Å². The molecule has 1 unspecified atom stereocenters. The van der Waals surface area contributed by atoms with E-state index < -0.39 is 0 Å². The number of rotatable bonds is 6. The summed E-state index contributed by atoms with van der Waals surface area (Å²) in [5.74, 6) is 0.673. The van der Waals surface area contributed by atoms with Crippen molar-refractivity contribution in [1.82, 2.24) is 14.6 Å². The first-order valence-corrected chi connectivity index (χ1v) is 9.84. The van der Waals surface area contributed by atoms with Gasteiger partial charge >= 0.3 is 0 Å². The lowest BCUT2D eigenvalue weighted by Crippen LogP contribution is -2.29. The molecule has 9 heteroatoms. The molecule has 0 fully saturated rings. The number of fused-ring (bicyclic) bond motifs is 1. The van der Waals surface area contributed by atoms with Crippen LogP contribution in [0, 0.1) is 5.92 Å². The molecule has 1 amide bonds. The Morgan fingerprint density at radius 2 is 1.93 bits per heavy atom. The van der Waals surface area contributed by atoms with Crippen LogP contribution < -0.4 is 10.1 Å². The molecule has 6 nitrogen and oxygen atoms in total. The number of hydrogen-bond acceptors (Lipinski definition) is 5. The first-order valence-electron chi connectivity index (χ1n) is 8.20. The lowest BCUT2D eigenvalue weighted by Gasteiger charge is -2.19. The van der Waals surface area contributed by atoms with Crippen LogP contribution in [0.2, 0.25) is 10.0 Å². The Morgan fingerprint density at radius 1 is 1.22 bits per heavy atom. The zero-order valence-corrected chi connectivity index (χ0v) is 17.3. The van der Waals surface area contributed by atoms with E-state index in [2.05, 4.69) is 15.5 Å². The lowest BCUT2D eigenvalue weighted by atomic mass is 10.1. The van der Waals surface area contributed by atoms with E-state index in [9.17, 15) is 4.79 Å². The average molecular weight is 425 g/mol. The van der Waals surface area contributed by atoms with Gasteiger partial charge in [0.1, 0.15) is 5.75 Å². The molecule has 27 heavy (non-hydrogen) atoms. The third kappa shape index (κ3) is 4.48. The van der Waals surface area contributed by atoms with E-state index in [-0.39, 0.29) is 17.1 Å². The number of nitrogens with one attached hydrogen (secondary N) is 1. The second-order valence-corrected chi connectivity index (χ2v) is 8.14. The van der Waals surface area contributed by atoms with E-state index in [0.717, 1.165) is 5.75 Å². The SMILES string of the molecule is COc1ccc(NC(=O)C(Sc2nnc3c(Cl)cc(Cl)cn23)C(C)C)cc1. The Kier molecular flexibility index (Phi) is 6.14. The monoisotopic (exact) mass is 424 g/mol. The highest BCUT2D eigenvalue weighted by molar-refractivity contribution is 8.00. The quantitative estimate of drug-likeness (QED) is 0.575. The van der Waals surface area contributed by atoms with Gasteiger partial charge in [0.25, 0.3) is 0 Å². The van der Waals surface area contributed by atoms with Crippen LogP contribution in [0.5, 0.6) is 5.75 Å². The van der Waals surface area contributed by atoms with Gasteiger partial charge in [-0.25, -0.2) is 0 Å². The van der Waals surface area contributed by atoms with Crippen molar-refractivity contribution in [2.24, 2.45) is 5.92 Å². The van der Waals surface area contributed by atoms with Crippen molar-refractivity contribution in [1.29, 1.82) is 0 Å². The van der Waals surface area contributed by atoms with Gasteiger partial charge in [-0.15, -0.1) is 10.2 Å². The minimum absolute atomic E-state index is 0.0651. The first kappa shape index (κ1) is 19.8. The number of methoxy groups -OCH3 is 1. The highest BCUT2D eigenvalue weighted by atomic mass is 35.5. The standard InChI is InChI=1S/C18H18Cl2N4O2S/c1-10(2)15(17(25)21-12-4-6-13(26-3)7-5-12)27-18-23-22-16-14(20)8-11(19)9-24(16)18/h4-10,15H,1-3H3,(H,21,25). The summed E-state index contributed by atoms with van der Waals surface area (Å²) in [7, 11) is 1.60. The lowest BCUT2D eigenvalue weighted by molar-refractivity contribution is -0.116. The van der Waals surface area contributed by atoms with Gasteiger partial charge in [-0.2, -0.15) is 0 Å². The van der Waals surface area contributed by atoms with Gasteiger partial charge < -0.3 is 10.1 Å². The van der Waals surface area contributed by atoms with E-state index in [1.165, 1.54) is 11.8 Å². The van der Waals surface area contributed by atoms with Crippen molar-refractivity contribution in [2.75, 3.05) is 12.4 Å². The van der Waals surface area contributed by atoms with Crippen molar-refractivity contribution in [3.63, 3.8) is 0 Å². The Morgan fingerprint density at radius 3 is 2.56 bits per heavy atom. The Balaban J connectivity index is 1.82. The Hall–Kier alpha value is -1.96. The molecular formula is C18H18Cl2N4O2S. The molecule has 0 aliphatic carbocycles. The molecule has 0 saturated heterocycles. The third-order valence-corrected chi connectivity index (χ3v) is 5.84. The van der Waals surface area contributed by atoms with Crippen molar-refractivity contribution in [3.8, 4) is 5.75 Å². The predicted molar refractivity (Wildman–Crippen MR) is 109 cm³/mol. The molecule has 0 aliphatic rings. The van der Waals surface area contributed by atoms with Crippen LogP contribution in [0.3, 0.4) is 0 Å². The molecule has 1 N–H and O–H groups in total. The molecule has 2 aromatic heterocycles. The number of thioether (sulfide) groups is 1. The zero-order valence-electron chi connectivity index (χ0n) is 14.9. The number of hydrogen-bond donors (Lipinski definition) is 1. The second kappa shape index (κ2) is 8.37. The molecule has 0 saturated carbocycles. The Labute approximate surface area is 171 Å². The fourth-order valence-electron chi connectivity index (χ4n) is 2.48. The van der Waals surface area contributed by atoms with Crippen molar-refractivity contribution >= 4 is 52.2 Å². The predicted octanol–water partition coefficient (Wildman–Crippen LogP) is 4.80. The number of benzene rings is 1. The van der Waals surface area contributed by atoms with Gasteiger partial charge in [-0.05, 0) is 36.2 Å². The van der Waals surface area contributed by atoms with E-state index >= 15 is 0 Å². The number of aromatic nitrogens is 3. The highest BCUT2D eigenvalue weighted by Gasteiger charge is 2.26. The number of anilines is 1. The zero-order chi connectivity index (χ0) is 19.6. The minimum Gasteiger partial charge on any atom is -0.497 e. The number of carbonyl (C=O) groups excluding carboxylic acids is 1. The fraction of sp³-hybridized carbons (Fsp3) is 0.278. The number of halogens is 2. The van der Waals surface area contributed by atoms with Gasteiger partial charge in [0, 0.05) is 11.9 Å². The summed E-state index contributed by atoms with van der Waals surface area (Å²) in [6, 6.07) is 8.79. The molecule has 1 aromatic carbocycles. The number of amides is 1. The molecular weight excluding hydrogens is 407 g/mol. The summed E-state index contributed by atoms with van der Waals surface area (Å²) in [5.41, 5.74) is 1.20. The highest BCUT2D eigenvalue weighted by Crippen LogP contribution is 2.31. The van der Waals surface area contributed by atoms with Crippen LogP contribution >= 0.6 is 35.0 Å². The maximum atomic E-state index is 12.8. The van der Waals surface area contributed by atoms with Crippen LogP contribution in [0.15, 0.2) is 41.7 Å². The topological polar surface area (TPSA) is 68.5 Å². The van der Waals surface area contributed by atoms with Crippen molar-refractivity contribution in [2.45, 2.75) is 24.3 Å². The van der Waals surface area contributed by atoms with Gasteiger partial charge in [0.05, 0.1) is 22.4 Å². The summed E-state index contributed by atoms with van der Waals surface area (Å²) in [6.07, 6.45) is 1.68. The number of ether oxygens (including phenoxy) is 1. The van der Waals surface area contributed by atoms with Gasteiger partial charge in [-0.3, -0.25) is 9.20 Å². The molecule has 0 bridgehead atoms. The van der Waals surface area contributed by atoms with Gasteiger partial charge in [-0.1, -0.05) is 48.8 Å². The maximum Gasteiger partial charge on any atom is 0.238 e. The van der Waals surface area contributed by atoms with Crippen LogP contribution in [-0.2, 0) is 4.79 Å². The molecule has 1 atom stereocenters. The molecule has 3 rings (SSSR count). The van der Waals surface area contributed by atoms with Gasteiger partial charge in [0.2, 0.25) is 5.91 Å². The number of pyridine rings is 1. The largest absolute Gasteiger partial charge is 0.497 e. The number of nitrogens with zero attached hydrogens (tertiary/aromatic N) is 3. The Bertz CT molecular complexity index is 960. The fourth-order valence-corrected chi connectivity index (χ4v) is 3.99. The minimum atomic E-state index is -0.378. The van der Waals surface area contributed by atoms with Crippen LogP contribution in [0.1, 0.15) is 13.8 Å². The van der Waals surface area contributed by atoms with Gasteiger partial charge in [0.15, 0.2) is 10.8 Å². The van der Waals surface area contributed by atoms with E-state index in [1.54, 1.807) is 48.0 Å². The van der Waals surface area contributed by atoms with Crippen molar-refractivity contribution < 1.29 is 9.53 Å². The third-order valence-electron chi connectivity index (χ3n) is 3.85. The normalized spacial score (nSPS) is 12.4. The van der Waals surface area contributed by atoms with Crippen LogP contribution in [0.4, 0.5) is 5.69 Å². The maximum absolute atomic E-state index is 12.8. The summed E-state index contributed by atoms with van der Waals surface area (Å²) in [5, 5.41) is 12.2. The van der Waals surface area contributed by atoms with Crippen LogP contribution in [-0.4, -0.2) is 32.9 Å². The summed E-state index contributed by atoms with van der Waals surface area (Å²) in [6.45, 7) is 3.96. The van der Waals surface area contributed by atoms with Crippen molar-refractivity contribution in [3.05, 3.63) is 46.6 Å². The molecule has 3 aromatic rings. The number of carbonyl (C=O) groups is 1. The molecule has 0 spiro atoms.